The standard InChI is InChI=1S/C7H11F2N3/c1-5-2-6(12-11-5)3-10-4-7(8)9/h2,7,10H,3-4H2,1H3,(H,11,12). The average molecular weight is 175 g/mol. The molecule has 0 aliphatic rings. The summed E-state index contributed by atoms with van der Waals surface area (Å²) in [6.45, 7) is 1.96. The summed E-state index contributed by atoms with van der Waals surface area (Å²) in [6, 6.07) is 1.82. The summed E-state index contributed by atoms with van der Waals surface area (Å²) in [5, 5.41) is 9.19. The minimum Gasteiger partial charge on any atom is -0.306 e. The van der Waals surface area contributed by atoms with E-state index in [0.29, 0.717) is 6.54 Å². The van der Waals surface area contributed by atoms with Crippen LogP contribution in [0, 0.1) is 6.92 Å². The monoisotopic (exact) mass is 175 g/mol. The predicted octanol–water partition coefficient (Wildman–Crippen LogP) is 1.07. The number of H-pyrrole nitrogens is 1. The van der Waals surface area contributed by atoms with Crippen LogP contribution in [0.5, 0.6) is 0 Å². The molecule has 0 aromatic carbocycles. The van der Waals surface area contributed by atoms with Crippen molar-refractivity contribution in [2.75, 3.05) is 6.54 Å². The Morgan fingerprint density at radius 1 is 1.67 bits per heavy atom. The molecule has 0 spiro atoms. The highest BCUT2D eigenvalue weighted by Gasteiger charge is 2.02. The second-order valence-corrected chi connectivity index (χ2v) is 2.56. The smallest absolute Gasteiger partial charge is 0.250 e. The number of hydrogen-bond acceptors (Lipinski definition) is 2. The van der Waals surface area contributed by atoms with E-state index in [4.69, 9.17) is 0 Å². The minimum absolute atomic E-state index is 0.286. The summed E-state index contributed by atoms with van der Waals surface area (Å²) < 4.78 is 23.3. The van der Waals surface area contributed by atoms with Crippen molar-refractivity contribution in [2.24, 2.45) is 0 Å². The maximum Gasteiger partial charge on any atom is 0.250 e. The van der Waals surface area contributed by atoms with Crippen molar-refractivity contribution < 1.29 is 8.78 Å². The quantitative estimate of drug-likeness (QED) is 0.718. The average Bonchev–Trinajstić information content (AvgIpc) is 2.35. The summed E-state index contributed by atoms with van der Waals surface area (Å²) in [4.78, 5) is 0. The zero-order chi connectivity index (χ0) is 8.97. The lowest BCUT2D eigenvalue weighted by Gasteiger charge is -1.99. The van der Waals surface area contributed by atoms with Crippen LogP contribution in [-0.4, -0.2) is 23.2 Å². The second kappa shape index (κ2) is 4.15. The van der Waals surface area contributed by atoms with Gasteiger partial charge in [0, 0.05) is 12.2 Å². The number of rotatable bonds is 4. The SMILES string of the molecule is Cc1cc(CNCC(F)F)n[nH]1. The zero-order valence-corrected chi connectivity index (χ0v) is 6.77. The van der Waals surface area contributed by atoms with Crippen LogP contribution < -0.4 is 5.32 Å². The lowest BCUT2D eigenvalue weighted by atomic mass is 10.4. The normalized spacial score (nSPS) is 11.0. The molecule has 0 bridgehead atoms. The highest BCUT2D eigenvalue weighted by atomic mass is 19.3. The van der Waals surface area contributed by atoms with Crippen molar-refractivity contribution in [1.82, 2.24) is 15.5 Å². The molecule has 1 heterocycles. The van der Waals surface area contributed by atoms with Gasteiger partial charge in [0.2, 0.25) is 0 Å². The van der Waals surface area contributed by atoms with Gasteiger partial charge in [0.05, 0.1) is 12.2 Å². The van der Waals surface area contributed by atoms with Crippen LogP contribution in [0.25, 0.3) is 0 Å². The Bertz CT molecular complexity index is 234. The minimum atomic E-state index is -2.30. The molecule has 0 atom stereocenters. The van der Waals surface area contributed by atoms with E-state index in [2.05, 4.69) is 15.5 Å². The Kier molecular flexibility index (Phi) is 3.16. The molecule has 0 aliphatic carbocycles. The van der Waals surface area contributed by atoms with E-state index < -0.39 is 6.43 Å². The van der Waals surface area contributed by atoms with E-state index in [1.165, 1.54) is 0 Å². The Labute approximate surface area is 69.2 Å². The molecule has 0 saturated heterocycles. The van der Waals surface area contributed by atoms with Crippen molar-refractivity contribution in [3.05, 3.63) is 17.5 Å². The van der Waals surface area contributed by atoms with Crippen LogP contribution in [0.1, 0.15) is 11.4 Å². The Hall–Kier alpha value is -0.970. The molecule has 5 heteroatoms. The first-order valence-electron chi connectivity index (χ1n) is 3.68. The van der Waals surface area contributed by atoms with Gasteiger partial charge in [-0.25, -0.2) is 8.78 Å². The first kappa shape index (κ1) is 9.12. The Morgan fingerprint density at radius 3 is 2.92 bits per heavy atom. The van der Waals surface area contributed by atoms with E-state index in [1.807, 2.05) is 13.0 Å². The molecule has 3 nitrogen and oxygen atoms in total. The molecule has 1 aromatic heterocycles. The number of halogens is 2. The fourth-order valence-corrected chi connectivity index (χ4v) is 0.874. The summed E-state index contributed by atoms with van der Waals surface area (Å²) in [5.41, 5.74) is 1.69. The third-order valence-corrected chi connectivity index (χ3v) is 1.36. The van der Waals surface area contributed by atoms with Gasteiger partial charge in [-0.1, -0.05) is 0 Å². The van der Waals surface area contributed by atoms with Crippen LogP contribution in [0.15, 0.2) is 6.07 Å². The summed E-state index contributed by atoms with van der Waals surface area (Å²) in [5.74, 6) is 0. The van der Waals surface area contributed by atoms with Crippen LogP contribution >= 0.6 is 0 Å². The van der Waals surface area contributed by atoms with Crippen molar-refractivity contribution >= 4 is 0 Å². The van der Waals surface area contributed by atoms with E-state index >= 15 is 0 Å². The maximum atomic E-state index is 11.7. The third-order valence-electron chi connectivity index (χ3n) is 1.36. The fourth-order valence-electron chi connectivity index (χ4n) is 0.874. The third kappa shape index (κ3) is 2.96. The van der Waals surface area contributed by atoms with E-state index in [9.17, 15) is 8.78 Å². The molecule has 2 N–H and O–H groups in total. The lowest BCUT2D eigenvalue weighted by Crippen LogP contribution is -2.20. The highest BCUT2D eigenvalue weighted by molar-refractivity contribution is 5.05. The van der Waals surface area contributed by atoms with Gasteiger partial charge < -0.3 is 5.32 Å². The van der Waals surface area contributed by atoms with Gasteiger partial charge in [-0.3, -0.25) is 5.10 Å². The van der Waals surface area contributed by atoms with Gasteiger partial charge in [-0.15, -0.1) is 0 Å². The number of nitrogens with zero attached hydrogens (tertiary/aromatic N) is 1. The van der Waals surface area contributed by atoms with Gasteiger partial charge in [-0.05, 0) is 13.0 Å². The van der Waals surface area contributed by atoms with Gasteiger partial charge in [0.1, 0.15) is 0 Å². The van der Waals surface area contributed by atoms with Gasteiger partial charge in [-0.2, -0.15) is 5.10 Å². The molecule has 0 aliphatic heterocycles. The topological polar surface area (TPSA) is 40.7 Å². The molecule has 1 aromatic rings. The molecule has 0 radical (unpaired) electrons. The van der Waals surface area contributed by atoms with E-state index in [1.54, 1.807) is 0 Å². The molecule has 68 valence electrons. The molecule has 1 rings (SSSR count). The number of nitrogens with one attached hydrogen (secondary N) is 2. The second-order valence-electron chi connectivity index (χ2n) is 2.56. The van der Waals surface area contributed by atoms with E-state index in [0.717, 1.165) is 11.4 Å². The van der Waals surface area contributed by atoms with Crippen molar-refractivity contribution in [3.8, 4) is 0 Å². The molecular formula is C7H11F2N3. The Morgan fingerprint density at radius 2 is 2.42 bits per heavy atom. The van der Waals surface area contributed by atoms with Crippen molar-refractivity contribution in [2.45, 2.75) is 19.9 Å². The van der Waals surface area contributed by atoms with Crippen LogP contribution in [-0.2, 0) is 6.54 Å². The van der Waals surface area contributed by atoms with Gasteiger partial charge >= 0.3 is 0 Å². The summed E-state index contributed by atoms with van der Waals surface area (Å²) >= 11 is 0. The molecule has 0 saturated carbocycles. The molecule has 0 unspecified atom stereocenters. The molecule has 0 amide bonds. The fraction of sp³-hybridized carbons (Fsp3) is 0.571. The zero-order valence-electron chi connectivity index (χ0n) is 6.77. The first-order valence-corrected chi connectivity index (χ1v) is 3.68. The molecular weight excluding hydrogens is 164 g/mol. The first-order chi connectivity index (χ1) is 5.68. The predicted molar refractivity (Wildman–Crippen MR) is 41.0 cm³/mol. The molecule has 12 heavy (non-hydrogen) atoms. The van der Waals surface area contributed by atoms with Crippen LogP contribution in [0.4, 0.5) is 8.78 Å². The number of aryl methyl sites for hydroxylation is 1. The largest absolute Gasteiger partial charge is 0.306 e. The van der Waals surface area contributed by atoms with Crippen LogP contribution in [0.2, 0.25) is 0 Å². The van der Waals surface area contributed by atoms with Crippen molar-refractivity contribution in [3.63, 3.8) is 0 Å². The van der Waals surface area contributed by atoms with Gasteiger partial charge in [0.25, 0.3) is 6.43 Å². The number of hydrogen-bond donors (Lipinski definition) is 2. The molecule has 0 fully saturated rings. The maximum absolute atomic E-state index is 11.7. The highest BCUT2D eigenvalue weighted by Crippen LogP contribution is 1.97. The summed E-state index contributed by atoms with van der Waals surface area (Å²) in [7, 11) is 0. The van der Waals surface area contributed by atoms with Crippen LogP contribution in [0.3, 0.4) is 0 Å². The number of aromatic amines is 1. The summed E-state index contributed by atoms with van der Waals surface area (Å²) in [6.07, 6.45) is -2.30. The van der Waals surface area contributed by atoms with Crippen molar-refractivity contribution in [1.29, 1.82) is 0 Å². The number of aromatic nitrogens is 2. The van der Waals surface area contributed by atoms with Gasteiger partial charge in [0.15, 0.2) is 0 Å². The number of alkyl halides is 2. The lowest BCUT2D eigenvalue weighted by molar-refractivity contribution is 0.145. The van der Waals surface area contributed by atoms with E-state index in [-0.39, 0.29) is 6.54 Å². The Balaban J connectivity index is 2.24.